The summed E-state index contributed by atoms with van der Waals surface area (Å²) in [5, 5.41) is 9.72. The molecule has 5 N–H and O–H groups in total. The minimum absolute atomic E-state index is 0.0383. The number of ether oxygens (including phenoxy) is 1. The molecule has 0 aliphatic heterocycles. The van der Waals surface area contributed by atoms with Gasteiger partial charge >= 0.3 is 0 Å². The van der Waals surface area contributed by atoms with Crippen molar-refractivity contribution in [3.8, 4) is 16.9 Å². The lowest BCUT2D eigenvalue weighted by atomic mass is 10.1. The van der Waals surface area contributed by atoms with Crippen molar-refractivity contribution in [2.45, 2.75) is 4.90 Å². The molecule has 0 atom stereocenters. The Balaban J connectivity index is 1.42. The number of primary sulfonamides is 1. The number of nitrogens with two attached hydrogens (primary N) is 2. The first-order valence-electron chi connectivity index (χ1n) is 9.60. The van der Waals surface area contributed by atoms with Gasteiger partial charge in [0.15, 0.2) is 6.61 Å². The minimum atomic E-state index is -3.86. The minimum Gasteiger partial charge on any atom is -0.484 e. The molecule has 32 heavy (non-hydrogen) atoms. The van der Waals surface area contributed by atoms with E-state index in [2.05, 4.69) is 10.3 Å². The van der Waals surface area contributed by atoms with Gasteiger partial charge in [-0.15, -0.1) is 0 Å². The Bertz CT molecular complexity index is 1400. The summed E-state index contributed by atoms with van der Waals surface area (Å²) < 4.78 is 29.2. The second kappa shape index (κ2) is 8.66. The number of nitrogens with zero attached hydrogens (tertiary/aromatic N) is 1. The third-order valence-electron chi connectivity index (χ3n) is 4.81. The van der Waals surface area contributed by atoms with Gasteiger partial charge in [-0.25, -0.2) is 18.5 Å². The standard InChI is InChI=1S/C23H20N4O4S/c24-23-20-13-18(10-7-16(20)11-12-26-23)31-14-22(28)27-17-8-5-15(6-9-17)19-3-1-2-4-21(19)32(25,29)30/h1-13H,14H2,(H2,24,26)(H,27,28)(H2,25,29,30). The molecule has 0 spiro atoms. The van der Waals surface area contributed by atoms with E-state index in [1.807, 2.05) is 12.1 Å². The Labute approximate surface area is 184 Å². The van der Waals surface area contributed by atoms with Crippen molar-refractivity contribution >= 4 is 38.2 Å². The van der Waals surface area contributed by atoms with E-state index in [1.165, 1.54) is 6.07 Å². The van der Waals surface area contributed by atoms with Gasteiger partial charge in [0, 0.05) is 22.8 Å². The number of amides is 1. The van der Waals surface area contributed by atoms with Crippen LogP contribution in [0.2, 0.25) is 0 Å². The monoisotopic (exact) mass is 448 g/mol. The highest BCUT2D eigenvalue weighted by Crippen LogP contribution is 2.28. The van der Waals surface area contributed by atoms with Crippen molar-refractivity contribution in [2.75, 3.05) is 17.7 Å². The van der Waals surface area contributed by atoms with Gasteiger partial charge in [-0.3, -0.25) is 4.79 Å². The highest BCUT2D eigenvalue weighted by molar-refractivity contribution is 7.89. The number of pyridine rings is 1. The van der Waals surface area contributed by atoms with Crippen molar-refractivity contribution < 1.29 is 17.9 Å². The van der Waals surface area contributed by atoms with Gasteiger partial charge in [0.2, 0.25) is 10.0 Å². The van der Waals surface area contributed by atoms with E-state index in [0.29, 0.717) is 28.4 Å². The summed E-state index contributed by atoms with van der Waals surface area (Å²) in [6.07, 6.45) is 1.63. The molecular formula is C23H20N4O4S. The molecule has 0 aliphatic rings. The van der Waals surface area contributed by atoms with E-state index in [1.54, 1.807) is 60.8 Å². The van der Waals surface area contributed by atoms with Gasteiger partial charge in [0.25, 0.3) is 5.91 Å². The van der Waals surface area contributed by atoms with Crippen molar-refractivity contribution in [1.29, 1.82) is 0 Å². The molecule has 4 rings (SSSR count). The van der Waals surface area contributed by atoms with Crippen LogP contribution < -0.4 is 20.9 Å². The molecular weight excluding hydrogens is 428 g/mol. The van der Waals surface area contributed by atoms with Crippen LogP contribution in [0.25, 0.3) is 21.9 Å². The number of carbonyl (C=O) groups is 1. The number of hydrogen-bond donors (Lipinski definition) is 3. The van der Waals surface area contributed by atoms with E-state index in [9.17, 15) is 13.2 Å². The molecule has 0 unspecified atom stereocenters. The van der Waals surface area contributed by atoms with E-state index < -0.39 is 10.0 Å². The second-order valence-electron chi connectivity index (χ2n) is 7.03. The summed E-state index contributed by atoms with van der Waals surface area (Å²) in [6.45, 7) is -0.193. The fraction of sp³-hybridized carbons (Fsp3) is 0.0435. The van der Waals surface area contributed by atoms with Crippen LogP contribution in [0, 0.1) is 0 Å². The maximum Gasteiger partial charge on any atom is 0.262 e. The molecule has 0 saturated heterocycles. The number of benzene rings is 3. The summed E-state index contributed by atoms with van der Waals surface area (Å²) in [4.78, 5) is 16.4. The van der Waals surface area contributed by atoms with E-state index in [4.69, 9.17) is 15.6 Å². The van der Waals surface area contributed by atoms with Crippen LogP contribution in [0.15, 0.2) is 83.9 Å². The predicted molar refractivity (Wildman–Crippen MR) is 124 cm³/mol. The predicted octanol–water partition coefficient (Wildman–Crippen LogP) is 3.15. The lowest BCUT2D eigenvalue weighted by molar-refractivity contribution is -0.118. The number of fused-ring (bicyclic) bond motifs is 1. The normalized spacial score (nSPS) is 11.3. The third-order valence-corrected chi connectivity index (χ3v) is 5.78. The molecule has 1 aromatic heterocycles. The Hall–Kier alpha value is -3.95. The van der Waals surface area contributed by atoms with Crippen LogP contribution in [0.5, 0.6) is 5.75 Å². The van der Waals surface area contributed by atoms with E-state index in [-0.39, 0.29) is 17.4 Å². The zero-order chi connectivity index (χ0) is 22.7. The van der Waals surface area contributed by atoms with Crippen molar-refractivity contribution in [3.63, 3.8) is 0 Å². The molecule has 9 heteroatoms. The van der Waals surface area contributed by atoms with Crippen LogP contribution in [0.3, 0.4) is 0 Å². The Morgan fingerprint density at radius 1 is 1.00 bits per heavy atom. The lowest BCUT2D eigenvalue weighted by Crippen LogP contribution is -2.20. The van der Waals surface area contributed by atoms with Gasteiger partial charge in [0.05, 0.1) is 4.90 Å². The van der Waals surface area contributed by atoms with Crippen molar-refractivity contribution in [3.05, 3.63) is 79.0 Å². The SMILES string of the molecule is Nc1nccc2ccc(OCC(=O)Nc3ccc(-c4ccccc4S(N)(=O)=O)cc3)cc12. The highest BCUT2D eigenvalue weighted by atomic mass is 32.2. The first-order chi connectivity index (χ1) is 15.3. The maximum absolute atomic E-state index is 12.3. The van der Waals surface area contributed by atoms with Crippen LogP contribution in [0.4, 0.5) is 11.5 Å². The average molecular weight is 449 g/mol. The topological polar surface area (TPSA) is 137 Å². The number of anilines is 2. The molecule has 0 fully saturated rings. The van der Waals surface area contributed by atoms with Crippen molar-refractivity contribution in [2.24, 2.45) is 5.14 Å². The smallest absolute Gasteiger partial charge is 0.262 e. The van der Waals surface area contributed by atoms with E-state index >= 15 is 0 Å². The molecule has 4 aromatic rings. The Morgan fingerprint density at radius 3 is 2.50 bits per heavy atom. The molecule has 162 valence electrons. The first-order valence-corrected chi connectivity index (χ1v) is 11.1. The zero-order valence-electron chi connectivity index (χ0n) is 16.9. The summed E-state index contributed by atoms with van der Waals surface area (Å²) >= 11 is 0. The lowest BCUT2D eigenvalue weighted by Gasteiger charge is -2.11. The molecule has 8 nitrogen and oxygen atoms in total. The Morgan fingerprint density at radius 2 is 1.75 bits per heavy atom. The fourth-order valence-corrected chi connectivity index (χ4v) is 4.05. The average Bonchev–Trinajstić information content (AvgIpc) is 2.78. The van der Waals surface area contributed by atoms with Crippen LogP contribution in [-0.4, -0.2) is 25.9 Å². The quantitative estimate of drug-likeness (QED) is 0.414. The van der Waals surface area contributed by atoms with Gasteiger partial charge < -0.3 is 15.8 Å². The zero-order valence-corrected chi connectivity index (χ0v) is 17.7. The molecule has 0 aliphatic carbocycles. The van der Waals surface area contributed by atoms with Gasteiger partial charge in [-0.2, -0.15) is 0 Å². The van der Waals surface area contributed by atoms with Gasteiger partial charge in [0.1, 0.15) is 11.6 Å². The number of nitrogens with one attached hydrogen (secondary N) is 1. The molecule has 1 amide bonds. The second-order valence-corrected chi connectivity index (χ2v) is 8.56. The summed E-state index contributed by atoms with van der Waals surface area (Å²) in [6, 6.07) is 20.4. The molecule has 0 bridgehead atoms. The summed E-state index contributed by atoms with van der Waals surface area (Å²) in [5.41, 5.74) is 7.57. The number of rotatable bonds is 6. The van der Waals surface area contributed by atoms with Crippen LogP contribution >= 0.6 is 0 Å². The van der Waals surface area contributed by atoms with Gasteiger partial charge in [-0.05, 0) is 47.3 Å². The van der Waals surface area contributed by atoms with Gasteiger partial charge in [-0.1, -0.05) is 36.4 Å². The van der Waals surface area contributed by atoms with Crippen LogP contribution in [0.1, 0.15) is 0 Å². The van der Waals surface area contributed by atoms with Crippen LogP contribution in [-0.2, 0) is 14.8 Å². The number of nitrogen functional groups attached to an aromatic ring is 1. The van der Waals surface area contributed by atoms with Crippen molar-refractivity contribution in [1.82, 2.24) is 4.98 Å². The Kier molecular flexibility index (Phi) is 5.76. The van der Waals surface area contributed by atoms with E-state index in [0.717, 1.165) is 10.8 Å². The maximum atomic E-state index is 12.3. The summed E-state index contributed by atoms with van der Waals surface area (Å²) in [7, 11) is -3.86. The molecule has 0 saturated carbocycles. The number of sulfonamides is 1. The first kappa shape index (κ1) is 21.3. The molecule has 1 heterocycles. The largest absolute Gasteiger partial charge is 0.484 e. The number of hydrogen-bond acceptors (Lipinski definition) is 6. The number of aromatic nitrogens is 1. The molecule has 0 radical (unpaired) electrons. The molecule has 3 aromatic carbocycles. The highest BCUT2D eigenvalue weighted by Gasteiger charge is 2.14. The summed E-state index contributed by atoms with van der Waals surface area (Å²) in [5.74, 6) is 0.547. The number of carbonyl (C=O) groups excluding carboxylic acids is 1. The third kappa shape index (κ3) is 4.69. The fourth-order valence-electron chi connectivity index (χ4n) is 3.29.